The molecule has 0 saturated heterocycles. The minimum Gasteiger partial charge on any atom is -0.353 e. The lowest BCUT2D eigenvalue weighted by Gasteiger charge is -2.31. The summed E-state index contributed by atoms with van der Waals surface area (Å²) in [7, 11) is 0. The third-order valence-corrected chi connectivity index (χ3v) is 4.39. The lowest BCUT2D eigenvalue weighted by molar-refractivity contribution is -0.128. The second kappa shape index (κ2) is 7.78. The van der Waals surface area contributed by atoms with Gasteiger partial charge in [-0.05, 0) is 44.6 Å². The summed E-state index contributed by atoms with van der Waals surface area (Å²) in [6.45, 7) is 7.21. The van der Waals surface area contributed by atoms with Crippen molar-refractivity contribution in [2.75, 3.05) is 6.54 Å². The van der Waals surface area contributed by atoms with Gasteiger partial charge in [-0.2, -0.15) is 0 Å². The fourth-order valence-corrected chi connectivity index (χ4v) is 3.01. The average molecular weight is 254 g/mol. The maximum atomic E-state index is 12.3. The summed E-state index contributed by atoms with van der Waals surface area (Å²) < 4.78 is 0. The topological polar surface area (TPSA) is 55.1 Å². The molecule has 0 spiro atoms. The monoisotopic (exact) mass is 254 g/mol. The highest BCUT2D eigenvalue weighted by Crippen LogP contribution is 2.29. The summed E-state index contributed by atoms with van der Waals surface area (Å²) in [5.74, 6) is 1.47. The van der Waals surface area contributed by atoms with Crippen molar-refractivity contribution in [2.45, 2.75) is 65.3 Å². The average Bonchev–Trinajstić information content (AvgIpc) is 2.38. The fourth-order valence-electron chi connectivity index (χ4n) is 3.01. The van der Waals surface area contributed by atoms with E-state index >= 15 is 0 Å². The smallest absolute Gasteiger partial charge is 0.223 e. The lowest BCUT2D eigenvalue weighted by Crippen LogP contribution is -2.43. The van der Waals surface area contributed by atoms with Gasteiger partial charge in [-0.25, -0.2) is 0 Å². The van der Waals surface area contributed by atoms with E-state index in [9.17, 15) is 4.79 Å². The number of nitrogens with one attached hydrogen (secondary N) is 1. The molecule has 106 valence electrons. The van der Waals surface area contributed by atoms with Crippen molar-refractivity contribution < 1.29 is 4.79 Å². The van der Waals surface area contributed by atoms with Crippen molar-refractivity contribution in [1.29, 1.82) is 0 Å². The highest BCUT2D eigenvalue weighted by Gasteiger charge is 2.30. The molecule has 0 aliphatic heterocycles. The number of amides is 1. The Kier molecular flexibility index (Phi) is 6.69. The summed E-state index contributed by atoms with van der Waals surface area (Å²) in [6, 6.07) is 0.285. The van der Waals surface area contributed by atoms with Crippen LogP contribution in [0.3, 0.4) is 0 Å². The summed E-state index contributed by atoms with van der Waals surface area (Å²) in [5, 5.41) is 3.18. The summed E-state index contributed by atoms with van der Waals surface area (Å²) >= 11 is 0. The summed E-state index contributed by atoms with van der Waals surface area (Å²) in [5.41, 5.74) is 5.78. The maximum Gasteiger partial charge on any atom is 0.223 e. The van der Waals surface area contributed by atoms with Crippen LogP contribution in [0.2, 0.25) is 0 Å². The molecule has 0 heterocycles. The number of carbonyl (C=O) groups is 1. The minimum absolute atomic E-state index is 0.156. The highest BCUT2D eigenvalue weighted by molar-refractivity contribution is 5.79. The molecule has 1 amide bonds. The Morgan fingerprint density at radius 1 is 1.33 bits per heavy atom. The molecular weight excluding hydrogens is 224 g/mol. The van der Waals surface area contributed by atoms with Crippen LogP contribution in [0.5, 0.6) is 0 Å². The van der Waals surface area contributed by atoms with E-state index in [2.05, 4.69) is 26.1 Å². The van der Waals surface area contributed by atoms with E-state index in [4.69, 9.17) is 5.73 Å². The van der Waals surface area contributed by atoms with Crippen molar-refractivity contribution in [2.24, 2.45) is 23.5 Å². The van der Waals surface area contributed by atoms with Gasteiger partial charge in [-0.3, -0.25) is 4.79 Å². The van der Waals surface area contributed by atoms with Gasteiger partial charge in [0.15, 0.2) is 0 Å². The molecule has 1 aliphatic rings. The normalized spacial score (nSPS) is 27.6. The molecule has 18 heavy (non-hydrogen) atoms. The van der Waals surface area contributed by atoms with Crippen molar-refractivity contribution in [3.05, 3.63) is 0 Å². The Morgan fingerprint density at radius 3 is 2.61 bits per heavy atom. The van der Waals surface area contributed by atoms with E-state index < -0.39 is 0 Å². The first kappa shape index (κ1) is 15.5. The molecular formula is C15H30N2O. The van der Waals surface area contributed by atoms with Gasteiger partial charge in [0.25, 0.3) is 0 Å². The second-order valence-electron chi connectivity index (χ2n) is 6.05. The van der Waals surface area contributed by atoms with Crippen LogP contribution in [-0.4, -0.2) is 18.5 Å². The Labute approximate surface area is 112 Å². The van der Waals surface area contributed by atoms with E-state index in [1.54, 1.807) is 0 Å². The molecule has 0 aromatic rings. The van der Waals surface area contributed by atoms with Gasteiger partial charge in [-0.15, -0.1) is 0 Å². The van der Waals surface area contributed by atoms with Gasteiger partial charge in [0.1, 0.15) is 0 Å². The molecule has 0 aromatic carbocycles. The first-order valence-corrected chi connectivity index (χ1v) is 7.58. The fraction of sp³-hybridized carbons (Fsp3) is 0.933. The summed E-state index contributed by atoms with van der Waals surface area (Å²) in [4.78, 5) is 12.3. The van der Waals surface area contributed by atoms with E-state index in [1.807, 2.05) is 0 Å². The standard InChI is InChI=1S/C15H30N2O/c1-4-11(2)9-12(3)17-15(18)14-8-6-5-7-13(14)10-16/h11-14H,4-10,16H2,1-3H3,(H,17,18). The molecule has 0 bridgehead atoms. The molecule has 1 fully saturated rings. The van der Waals surface area contributed by atoms with Crippen molar-refractivity contribution in [3.63, 3.8) is 0 Å². The van der Waals surface area contributed by atoms with Crippen molar-refractivity contribution >= 4 is 5.91 Å². The van der Waals surface area contributed by atoms with Gasteiger partial charge in [-0.1, -0.05) is 33.1 Å². The van der Waals surface area contributed by atoms with Crippen LogP contribution in [0.25, 0.3) is 0 Å². The first-order valence-electron chi connectivity index (χ1n) is 7.58. The van der Waals surface area contributed by atoms with Crippen molar-refractivity contribution in [1.82, 2.24) is 5.32 Å². The van der Waals surface area contributed by atoms with Crippen LogP contribution < -0.4 is 11.1 Å². The zero-order valence-corrected chi connectivity index (χ0v) is 12.2. The van der Waals surface area contributed by atoms with Crippen LogP contribution in [-0.2, 0) is 4.79 Å². The number of rotatable bonds is 6. The Hall–Kier alpha value is -0.570. The third kappa shape index (κ3) is 4.60. The van der Waals surface area contributed by atoms with Gasteiger partial charge < -0.3 is 11.1 Å². The van der Waals surface area contributed by atoms with E-state index in [0.29, 0.717) is 18.4 Å². The molecule has 1 rings (SSSR count). The lowest BCUT2D eigenvalue weighted by atomic mass is 9.78. The quantitative estimate of drug-likeness (QED) is 0.765. The van der Waals surface area contributed by atoms with Gasteiger partial charge in [0.2, 0.25) is 5.91 Å². The predicted octanol–water partition coefficient (Wildman–Crippen LogP) is 2.69. The SMILES string of the molecule is CCC(C)CC(C)NC(=O)C1CCCCC1CN. The Balaban J connectivity index is 2.42. The number of hydrogen-bond donors (Lipinski definition) is 2. The van der Waals surface area contributed by atoms with E-state index in [1.165, 1.54) is 19.3 Å². The van der Waals surface area contributed by atoms with E-state index in [0.717, 1.165) is 19.3 Å². The molecule has 1 aliphatic carbocycles. The van der Waals surface area contributed by atoms with Crippen LogP contribution >= 0.6 is 0 Å². The Bertz CT molecular complexity index is 255. The van der Waals surface area contributed by atoms with Crippen LogP contribution in [0.1, 0.15) is 59.3 Å². The molecule has 4 unspecified atom stereocenters. The molecule has 3 nitrogen and oxygen atoms in total. The first-order chi connectivity index (χ1) is 8.58. The summed E-state index contributed by atoms with van der Waals surface area (Å²) in [6.07, 6.45) is 6.79. The maximum absolute atomic E-state index is 12.3. The molecule has 3 heteroatoms. The third-order valence-electron chi connectivity index (χ3n) is 4.39. The van der Waals surface area contributed by atoms with Crippen LogP contribution in [0.15, 0.2) is 0 Å². The van der Waals surface area contributed by atoms with Crippen molar-refractivity contribution in [3.8, 4) is 0 Å². The highest BCUT2D eigenvalue weighted by atomic mass is 16.1. The predicted molar refractivity (Wildman–Crippen MR) is 76.2 cm³/mol. The van der Waals surface area contributed by atoms with Gasteiger partial charge in [0.05, 0.1) is 0 Å². The van der Waals surface area contributed by atoms with E-state index in [-0.39, 0.29) is 17.9 Å². The molecule has 3 N–H and O–H groups in total. The zero-order valence-electron chi connectivity index (χ0n) is 12.2. The molecule has 4 atom stereocenters. The molecule has 0 radical (unpaired) electrons. The molecule has 1 saturated carbocycles. The minimum atomic E-state index is 0.156. The number of nitrogens with two attached hydrogens (primary N) is 1. The second-order valence-corrected chi connectivity index (χ2v) is 6.05. The largest absolute Gasteiger partial charge is 0.353 e. The number of hydrogen-bond acceptors (Lipinski definition) is 2. The van der Waals surface area contributed by atoms with Gasteiger partial charge in [0, 0.05) is 12.0 Å². The zero-order chi connectivity index (χ0) is 13.5. The van der Waals surface area contributed by atoms with Gasteiger partial charge >= 0.3 is 0 Å². The number of carbonyl (C=O) groups excluding carboxylic acids is 1. The Morgan fingerprint density at radius 2 is 2.00 bits per heavy atom. The van der Waals surface area contributed by atoms with Crippen LogP contribution in [0, 0.1) is 17.8 Å². The molecule has 0 aromatic heterocycles. The van der Waals surface area contributed by atoms with Crippen LogP contribution in [0.4, 0.5) is 0 Å².